The van der Waals surface area contributed by atoms with E-state index in [2.05, 4.69) is 0 Å². The summed E-state index contributed by atoms with van der Waals surface area (Å²) >= 11 is 1.07. The molecule has 0 aliphatic carbocycles. The molecule has 0 atom stereocenters. The van der Waals surface area contributed by atoms with E-state index in [0.717, 1.165) is 30.6 Å². The second-order valence-corrected chi connectivity index (χ2v) is 10.0. The molecule has 1 fully saturated rings. The molecule has 0 radical (unpaired) electrons. The Hall–Kier alpha value is -2.23. The number of thiophene rings is 1. The van der Waals surface area contributed by atoms with E-state index in [0.29, 0.717) is 29.3 Å². The normalized spacial score (nSPS) is 15.1. The number of Topliss-reactive ketones (excluding diaryl/α,β-unsaturated/α-hetero) is 1. The van der Waals surface area contributed by atoms with Crippen LogP contribution in [0.4, 0.5) is 0 Å². The van der Waals surface area contributed by atoms with Gasteiger partial charge in [0.2, 0.25) is 0 Å². The standard InChI is InChI=1S/C20H23NO6S2/c1-26-16-7-5-15(6-8-16)18(22)14-27-19(23)13-17-9-10-20(28-17)29(24,25)21-11-3-2-4-12-21/h5-10H,2-4,11-14H2,1H3. The predicted molar refractivity (Wildman–Crippen MR) is 109 cm³/mol. The van der Waals surface area contributed by atoms with Crippen molar-refractivity contribution >= 4 is 33.1 Å². The average molecular weight is 438 g/mol. The maximum absolute atomic E-state index is 12.7. The van der Waals surface area contributed by atoms with Crippen molar-refractivity contribution in [1.82, 2.24) is 4.31 Å². The first-order chi connectivity index (χ1) is 13.9. The monoisotopic (exact) mass is 437 g/mol. The minimum absolute atomic E-state index is 0.0733. The van der Waals surface area contributed by atoms with Crippen LogP contribution in [0.5, 0.6) is 5.75 Å². The number of esters is 1. The van der Waals surface area contributed by atoms with Crippen molar-refractivity contribution in [2.24, 2.45) is 0 Å². The summed E-state index contributed by atoms with van der Waals surface area (Å²) in [7, 11) is -1.98. The van der Waals surface area contributed by atoms with Gasteiger partial charge in [0.1, 0.15) is 9.96 Å². The minimum Gasteiger partial charge on any atom is -0.497 e. The summed E-state index contributed by atoms with van der Waals surface area (Å²) < 4.78 is 37.2. The third-order valence-electron chi connectivity index (χ3n) is 4.64. The smallest absolute Gasteiger partial charge is 0.311 e. The van der Waals surface area contributed by atoms with Gasteiger partial charge in [-0.1, -0.05) is 6.42 Å². The van der Waals surface area contributed by atoms with E-state index in [4.69, 9.17) is 9.47 Å². The zero-order valence-electron chi connectivity index (χ0n) is 16.1. The molecular weight excluding hydrogens is 414 g/mol. The summed E-state index contributed by atoms with van der Waals surface area (Å²) in [6, 6.07) is 9.67. The number of ether oxygens (including phenoxy) is 2. The number of ketones is 1. The molecule has 0 amide bonds. The highest BCUT2D eigenvalue weighted by atomic mass is 32.2. The van der Waals surface area contributed by atoms with Gasteiger partial charge in [-0.3, -0.25) is 9.59 Å². The summed E-state index contributed by atoms with van der Waals surface area (Å²) in [5.41, 5.74) is 0.421. The number of carbonyl (C=O) groups excluding carboxylic acids is 2. The number of carbonyl (C=O) groups is 2. The van der Waals surface area contributed by atoms with E-state index in [1.54, 1.807) is 30.3 Å². The summed E-state index contributed by atoms with van der Waals surface area (Å²) in [5, 5.41) is 0. The Labute approximate surface area is 174 Å². The van der Waals surface area contributed by atoms with Crippen LogP contribution in [-0.2, 0) is 26.0 Å². The van der Waals surface area contributed by atoms with Crippen LogP contribution in [0, 0.1) is 0 Å². The van der Waals surface area contributed by atoms with Gasteiger partial charge >= 0.3 is 5.97 Å². The van der Waals surface area contributed by atoms with Crippen LogP contribution in [-0.4, -0.2) is 51.3 Å². The van der Waals surface area contributed by atoms with Crippen molar-refractivity contribution in [3.8, 4) is 5.75 Å². The van der Waals surface area contributed by atoms with Crippen molar-refractivity contribution in [3.05, 3.63) is 46.8 Å². The molecule has 3 rings (SSSR count). The lowest BCUT2D eigenvalue weighted by atomic mass is 10.1. The average Bonchev–Trinajstić information content (AvgIpc) is 3.22. The molecule has 0 bridgehead atoms. The fourth-order valence-corrected chi connectivity index (χ4v) is 6.04. The first-order valence-electron chi connectivity index (χ1n) is 9.32. The van der Waals surface area contributed by atoms with Gasteiger partial charge in [-0.05, 0) is 49.2 Å². The quantitative estimate of drug-likeness (QED) is 0.466. The Morgan fingerprint density at radius 3 is 2.38 bits per heavy atom. The van der Waals surface area contributed by atoms with E-state index in [1.165, 1.54) is 17.5 Å². The molecule has 9 heteroatoms. The first kappa shape index (κ1) is 21.5. The second-order valence-electron chi connectivity index (χ2n) is 6.67. The Morgan fingerprint density at radius 1 is 1.03 bits per heavy atom. The summed E-state index contributed by atoms with van der Waals surface area (Å²) in [4.78, 5) is 24.8. The van der Waals surface area contributed by atoms with Crippen molar-refractivity contribution in [2.45, 2.75) is 29.9 Å². The molecule has 1 saturated heterocycles. The summed E-state index contributed by atoms with van der Waals surface area (Å²) in [5.74, 6) is -0.261. The zero-order valence-corrected chi connectivity index (χ0v) is 17.8. The summed E-state index contributed by atoms with van der Waals surface area (Å²) in [6.07, 6.45) is 2.71. The molecule has 156 valence electrons. The lowest BCUT2D eigenvalue weighted by Gasteiger charge is -2.25. The molecule has 0 N–H and O–H groups in total. The van der Waals surface area contributed by atoms with Gasteiger partial charge in [0.25, 0.3) is 10.0 Å². The lowest BCUT2D eigenvalue weighted by Crippen LogP contribution is -2.35. The van der Waals surface area contributed by atoms with Crippen LogP contribution in [0.3, 0.4) is 0 Å². The number of hydrogen-bond acceptors (Lipinski definition) is 7. The SMILES string of the molecule is COc1ccc(C(=O)COC(=O)Cc2ccc(S(=O)(=O)N3CCCCC3)s2)cc1. The molecule has 2 heterocycles. The van der Waals surface area contributed by atoms with Crippen molar-refractivity contribution in [3.63, 3.8) is 0 Å². The fraction of sp³-hybridized carbons (Fsp3) is 0.400. The number of benzene rings is 1. The molecule has 1 aliphatic heterocycles. The van der Waals surface area contributed by atoms with Crippen LogP contribution in [0.25, 0.3) is 0 Å². The molecule has 0 spiro atoms. The molecule has 2 aromatic rings. The first-order valence-corrected chi connectivity index (χ1v) is 11.6. The maximum Gasteiger partial charge on any atom is 0.311 e. The van der Waals surface area contributed by atoms with Crippen molar-refractivity contribution in [1.29, 1.82) is 0 Å². The number of nitrogens with zero attached hydrogens (tertiary/aromatic N) is 1. The number of hydrogen-bond donors (Lipinski definition) is 0. The second kappa shape index (κ2) is 9.51. The Balaban J connectivity index is 1.53. The minimum atomic E-state index is -3.51. The third-order valence-corrected chi connectivity index (χ3v) is 8.09. The summed E-state index contributed by atoms with van der Waals surface area (Å²) in [6.45, 7) is 0.700. The highest BCUT2D eigenvalue weighted by Crippen LogP contribution is 2.27. The van der Waals surface area contributed by atoms with Gasteiger partial charge in [-0.15, -0.1) is 11.3 Å². The molecular formula is C20H23NO6S2. The maximum atomic E-state index is 12.7. The Kier molecular flexibility index (Phi) is 7.05. The van der Waals surface area contributed by atoms with E-state index < -0.39 is 16.0 Å². The van der Waals surface area contributed by atoms with Gasteiger partial charge < -0.3 is 9.47 Å². The van der Waals surface area contributed by atoms with E-state index in [1.807, 2.05) is 0 Å². The van der Waals surface area contributed by atoms with Gasteiger partial charge in [0, 0.05) is 23.5 Å². The molecule has 0 unspecified atom stereocenters. The largest absolute Gasteiger partial charge is 0.497 e. The predicted octanol–water partition coefficient (Wildman–Crippen LogP) is 2.90. The van der Waals surface area contributed by atoms with Crippen molar-refractivity contribution in [2.75, 3.05) is 26.8 Å². The number of methoxy groups -OCH3 is 1. The van der Waals surface area contributed by atoms with Gasteiger partial charge in [-0.2, -0.15) is 4.31 Å². The number of sulfonamides is 1. The molecule has 0 saturated carbocycles. The topological polar surface area (TPSA) is 90.0 Å². The van der Waals surface area contributed by atoms with E-state index in [9.17, 15) is 18.0 Å². The van der Waals surface area contributed by atoms with E-state index >= 15 is 0 Å². The van der Waals surface area contributed by atoms with Crippen LogP contribution in [0.1, 0.15) is 34.5 Å². The third kappa shape index (κ3) is 5.43. The van der Waals surface area contributed by atoms with Gasteiger partial charge in [0.15, 0.2) is 12.4 Å². The Bertz CT molecular complexity index is 959. The molecule has 7 nitrogen and oxygen atoms in total. The van der Waals surface area contributed by atoms with Crippen molar-refractivity contribution < 1.29 is 27.5 Å². The Morgan fingerprint density at radius 2 is 1.72 bits per heavy atom. The molecule has 1 aromatic heterocycles. The molecule has 29 heavy (non-hydrogen) atoms. The van der Waals surface area contributed by atoms with E-state index in [-0.39, 0.29) is 23.0 Å². The molecule has 1 aromatic carbocycles. The highest BCUT2D eigenvalue weighted by molar-refractivity contribution is 7.91. The van der Waals surface area contributed by atoms with Crippen LogP contribution < -0.4 is 4.74 Å². The number of piperidine rings is 1. The fourth-order valence-electron chi connectivity index (χ4n) is 3.02. The van der Waals surface area contributed by atoms with Gasteiger partial charge in [-0.25, -0.2) is 8.42 Å². The van der Waals surface area contributed by atoms with Crippen LogP contribution in [0.2, 0.25) is 0 Å². The van der Waals surface area contributed by atoms with Gasteiger partial charge in [0.05, 0.1) is 13.5 Å². The van der Waals surface area contributed by atoms with Crippen LogP contribution in [0.15, 0.2) is 40.6 Å². The van der Waals surface area contributed by atoms with Crippen LogP contribution >= 0.6 is 11.3 Å². The molecule has 1 aliphatic rings. The lowest BCUT2D eigenvalue weighted by molar-refractivity contribution is -0.141. The zero-order chi connectivity index (χ0) is 20.9. The highest BCUT2D eigenvalue weighted by Gasteiger charge is 2.27. The number of rotatable bonds is 8.